The SMILES string of the molecule is Clc1ccc(-c2c(Cn3cncn3)c(-c3nnc(C4(c5ccc(Cl)cc5)CCCC4)o3)nn2-c2ccc(Cl)cc2Cl)cc1. The molecule has 6 aromatic rings. The lowest BCUT2D eigenvalue weighted by atomic mass is 9.79. The van der Waals surface area contributed by atoms with E-state index in [2.05, 4.69) is 20.3 Å². The molecule has 1 saturated carbocycles. The quantitative estimate of drug-likeness (QED) is 0.172. The highest BCUT2D eigenvalue weighted by atomic mass is 35.5. The van der Waals surface area contributed by atoms with Gasteiger partial charge in [-0.15, -0.1) is 10.2 Å². The molecule has 1 fully saturated rings. The second kappa shape index (κ2) is 11.4. The number of hydrogen-bond acceptors (Lipinski definition) is 6. The minimum Gasteiger partial charge on any atom is -0.418 e. The standard InChI is InChI=1S/C31H23Cl4N7O/c32-21-7-3-19(4-8-21)28-24(16-41-18-36-17-37-41)27(40-42(28)26-12-11-23(34)15-25(26)35)29-38-39-30(43-29)31(13-1-2-14-31)20-5-9-22(33)10-6-20/h3-12,15,17-18H,1-2,13-14,16H2. The molecule has 1 aliphatic rings. The van der Waals surface area contributed by atoms with Gasteiger partial charge in [-0.25, -0.2) is 14.3 Å². The molecule has 8 nitrogen and oxygen atoms in total. The number of hydrogen-bond donors (Lipinski definition) is 0. The third-order valence-electron chi connectivity index (χ3n) is 7.92. The Bertz CT molecular complexity index is 1890. The highest BCUT2D eigenvalue weighted by Crippen LogP contribution is 2.47. The molecule has 3 heterocycles. The Balaban J connectivity index is 1.44. The van der Waals surface area contributed by atoms with Crippen LogP contribution < -0.4 is 0 Å². The number of benzene rings is 3. The Morgan fingerprint density at radius 1 is 0.814 bits per heavy atom. The molecule has 0 radical (unpaired) electrons. The first-order valence-corrected chi connectivity index (χ1v) is 15.2. The molecule has 3 aromatic carbocycles. The van der Waals surface area contributed by atoms with E-state index in [-0.39, 0.29) is 0 Å². The molecule has 0 spiro atoms. The van der Waals surface area contributed by atoms with Crippen molar-refractivity contribution in [3.8, 4) is 28.5 Å². The first-order valence-electron chi connectivity index (χ1n) is 13.7. The largest absolute Gasteiger partial charge is 0.418 e. The van der Waals surface area contributed by atoms with Crippen molar-refractivity contribution in [2.75, 3.05) is 0 Å². The summed E-state index contributed by atoms with van der Waals surface area (Å²) in [5.41, 5.74) is 4.26. The van der Waals surface area contributed by atoms with Gasteiger partial charge >= 0.3 is 0 Å². The topological polar surface area (TPSA) is 87.4 Å². The number of rotatable bonds is 7. The van der Waals surface area contributed by atoms with Crippen molar-refractivity contribution in [2.45, 2.75) is 37.6 Å². The van der Waals surface area contributed by atoms with Gasteiger partial charge < -0.3 is 4.42 Å². The average molecular weight is 651 g/mol. The fraction of sp³-hybridized carbons (Fsp3) is 0.194. The Labute approximate surface area is 267 Å². The zero-order chi connectivity index (χ0) is 29.6. The van der Waals surface area contributed by atoms with E-state index in [1.54, 1.807) is 27.8 Å². The molecule has 7 rings (SSSR count). The second-order valence-corrected chi connectivity index (χ2v) is 12.2. The molecule has 0 atom stereocenters. The third-order valence-corrected chi connectivity index (χ3v) is 8.96. The van der Waals surface area contributed by atoms with Gasteiger partial charge in [-0.05, 0) is 60.9 Å². The van der Waals surface area contributed by atoms with Crippen molar-refractivity contribution in [1.82, 2.24) is 34.7 Å². The molecule has 0 N–H and O–H groups in total. The van der Waals surface area contributed by atoms with Crippen molar-refractivity contribution < 1.29 is 4.42 Å². The molecule has 0 saturated heterocycles. The van der Waals surface area contributed by atoms with Crippen LogP contribution in [0.4, 0.5) is 0 Å². The first-order chi connectivity index (χ1) is 20.9. The Morgan fingerprint density at radius 3 is 2.19 bits per heavy atom. The molecule has 0 unspecified atom stereocenters. The molecule has 43 heavy (non-hydrogen) atoms. The van der Waals surface area contributed by atoms with Crippen molar-refractivity contribution >= 4 is 46.4 Å². The van der Waals surface area contributed by atoms with Crippen LogP contribution in [0.15, 0.2) is 83.8 Å². The molecule has 1 aliphatic carbocycles. The van der Waals surface area contributed by atoms with Gasteiger partial charge in [-0.1, -0.05) is 83.5 Å². The van der Waals surface area contributed by atoms with Crippen LogP contribution in [0.25, 0.3) is 28.5 Å². The van der Waals surface area contributed by atoms with Crippen molar-refractivity contribution in [3.63, 3.8) is 0 Å². The summed E-state index contributed by atoms with van der Waals surface area (Å²) in [6.45, 7) is 0.332. The van der Waals surface area contributed by atoms with Gasteiger partial charge in [0.15, 0.2) is 5.69 Å². The van der Waals surface area contributed by atoms with Gasteiger partial charge in [-0.3, -0.25) is 0 Å². The van der Waals surface area contributed by atoms with E-state index in [1.807, 2.05) is 54.6 Å². The second-order valence-electron chi connectivity index (χ2n) is 10.5. The van der Waals surface area contributed by atoms with Gasteiger partial charge in [-0.2, -0.15) is 10.2 Å². The predicted molar refractivity (Wildman–Crippen MR) is 167 cm³/mol. The summed E-state index contributed by atoms with van der Waals surface area (Å²) in [4.78, 5) is 4.14. The Morgan fingerprint density at radius 2 is 1.51 bits per heavy atom. The average Bonchev–Trinajstić information content (AvgIpc) is 3.81. The monoisotopic (exact) mass is 649 g/mol. The molecule has 216 valence electrons. The van der Waals surface area contributed by atoms with Crippen LogP contribution in [0.3, 0.4) is 0 Å². The zero-order valence-corrected chi connectivity index (χ0v) is 25.6. The van der Waals surface area contributed by atoms with E-state index >= 15 is 0 Å². The van der Waals surface area contributed by atoms with E-state index in [0.717, 1.165) is 48.1 Å². The Kier molecular flexibility index (Phi) is 7.47. The van der Waals surface area contributed by atoms with Crippen molar-refractivity contribution in [3.05, 3.63) is 116 Å². The summed E-state index contributed by atoms with van der Waals surface area (Å²) < 4.78 is 10.1. The van der Waals surface area contributed by atoms with Crippen molar-refractivity contribution in [2.24, 2.45) is 0 Å². The highest BCUT2D eigenvalue weighted by molar-refractivity contribution is 6.35. The van der Waals surface area contributed by atoms with E-state index in [1.165, 1.54) is 6.33 Å². The highest BCUT2D eigenvalue weighted by Gasteiger charge is 2.43. The summed E-state index contributed by atoms with van der Waals surface area (Å²) in [5, 5.41) is 20.8. The van der Waals surface area contributed by atoms with E-state index in [0.29, 0.717) is 49.8 Å². The van der Waals surface area contributed by atoms with Crippen LogP contribution >= 0.6 is 46.4 Å². The summed E-state index contributed by atoms with van der Waals surface area (Å²) >= 11 is 25.5. The van der Waals surface area contributed by atoms with Gasteiger partial charge in [0.1, 0.15) is 12.7 Å². The van der Waals surface area contributed by atoms with Crippen LogP contribution in [-0.2, 0) is 12.0 Å². The van der Waals surface area contributed by atoms with Gasteiger partial charge in [0.2, 0.25) is 5.89 Å². The van der Waals surface area contributed by atoms with Gasteiger partial charge in [0, 0.05) is 26.2 Å². The minimum absolute atomic E-state index is 0.296. The number of aromatic nitrogens is 7. The van der Waals surface area contributed by atoms with E-state index in [9.17, 15) is 0 Å². The molecule has 0 amide bonds. The fourth-order valence-electron chi connectivity index (χ4n) is 5.87. The summed E-state index contributed by atoms with van der Waals surface area (Å²) in [6.07, 6.45) is 7.04. The minimum atomic E-state index is -0.400. The molecular formula is C31H23Cl4N7O. The maximum absolute atomic E-state index is 6.73. The summed E-state index contributed by atoms with van der Waals surface area (Å²) in [7, 11) is 0. The summed E-state index contributed by atoms with van der Waals surface area (Å²) in [5.74, 6) is 0.852. The van der Waals surface area contributed by atoms with E-state index in [4.69, 9.17) is 55.9 Å². The number of halogens is 4. The lowest BCUT2D eigenvalue weighted by Crippen LogP contribution is -2.24. The first kappa shape index (κ1) is 28.1. The van der Waals surface area contributed by atoms with Crippen molar-refractivity contribution in [1.29, 1.82) is 0 Å². The number of nitrogens with zero attached hydrogens (tertiary/aromatic N) is 7. The fourth-order valence-corrected chi connectivity index (χ4v) is 6.61. The van der Waals surface area contributed by atoms with Crippen LogP contribution in [-0.4, -0.2) is 34.7 Å². The molecule has 0 bridgehead atoms. The zero-order valence-electron chi connectivity index (χ0n) is 22.6. The Hall–Kier alpha value is -3.69. The third kappa shape index (κ3) is 5.23. The normalized spacial score (nSPS) is 14.4. The molecule has 0 aliphatic heterocycles. The van der Waals surface area contributed by atoms with Crippen LogP contribution in [0.1, 0.15) is 42.7 Å². The maximum atomic E-state index is 6.73. The van der Waals surface area contributed by atoms with Crippen LogP contribution in [0, 0.1) is 0 Å². The predicted octanol–water partition coefficient (Wildman–Crippen LogP) is 8.70. The summed E-state index contributed by atoms with van der Waals surface area (Å²) in [6, 6.07) is 20.7. The molecular weight excluding hydrogens is 628 g/mol. The molecule has 3 aromatic heterocycles. The maximum Gasteiger partial charge on any atom is 0.268 e. The lowest BCUT2D eigenvalue weighted by molar-refractivity contribution is 0.379. The van der Waals surface area contributed by atoms with Gasteiger partial charge in [0.25, 0.3) is 5.89 Å². The lowest BCUT2D eigenvalue weighted by Gasteiger charge is -2.25. The van der Waals surface area contributed by atoms with Crippen LogP contribution in [0.5, 0.6) is 0 Å². The van der Waals surface area contributed by atoms with Gasteiger partial charge in [0.05, 0.1) is 28.4 Å². The molecule has 12 heteroatoms. The smallest absolute Gasteiger partial charge is 0.268 e. The van der Waals surface area contributed by atoms with Crippen LogP contribution in [0.2, 0.25) is 20.1 Å². The van der Waals surface area contributed by atoms with E-state index < -0.39 is 5.41 Å².